The van der Waals surface area contributed by atoms with Crippen LogP contribution < -0.4 is 10.0 Å². The SMILES string of the molecule is CNCC1CCN(S(=O)(=O)NCC2CCC(C)CC2)CC1. The van der Waals surface area contributed by atoms with Crippen LogP contribution in [0.25, 0.3) is 0 Å². The van der Waals surface area contributed by atoms with E-state index in [0.717, 1.165) is 38.1 Å². The van der Waals surface area contributed by atoms with Crippen LogP contribution in [0.15, 0.2) is 0 Å². The fraction of sp³-hybridized carbons (Fsp3) is 1.00. The lowest BCUT2D eigenvalue weighted by molar-refractivity contribution is 0.262. The van der Waals surface area contributed by atoms with E-state index >= 15 is 0 Å². The van der Waals surface area contributed by atoms with Gasteiger partial charge in [0.15, 0.2) is 0 Å². The van der Waals surface area contributed by atoms with Crippen molar-refractivity contribution in [2.45, 2.75) is 45.4 Å². The summed E-state index contributed by atoms with van der Waals surface area (Å²) in [6.07, 6.45) is 6.72. The minimum atomic E-state index is -3.27. The molecule has 5 nitrogen and oxygen atoms in total. The van der Waals surface area contributed by atoms with Crippen molar-refractivity contribution in [2.24, 2.45) is 17.8 Å². The smallest absolute Gasteiger partial charge is 0.279 e. The number of piperidine rings is 1. The summed E-state index contributed by atoms with van der Waals surface area (Å²) in [5, 5.41) is 3.18. The van der Waals surface area contributed by atoms with Crippen molar-refractivity contribution in [2.75, 3.05) is 33.2 Å². The maximum Gasteiger partial charge on any atom is 0.279 e. The van der Waals surface area contributed by atoms with Gasteiger partial charge in [-0.3, -0.25) is 0 Å². The van der Waals surface area contributed by atoms with Gasteiger partial charge in [-0.25, -0.2) is 4.72 Å². The Kier molecular flexibility index (Phi) is 6.47. The first kappa shape index (κ1) is 17.2. The van der Waals surface area contributed by atoms with Crippen LogP contribution >= 0.6 is 0 Å². The standard InChI is InChI=1S/C15H31N3O2S/c1-13-3-5-14(6-4-13)12-17-21(19,20)18-9-7-15(8-10-18)11-16-2/h13-17H,3-12H2,1-2H3. The molecule has 1 saturated heterocycles. The molecule has 21 heavy (non-hydrogen) atoms. The highest BCUT2D eigenvalue weighted by Gasteiger charge is 2.28. The fourth-order valence-electron chi connectivity index (χ4n) is 3.49. The van der Waals surface area contributed by atoms with Gasteiger partial charge in [-0.2, -0.15) is 12.7 Å². The normalized spacial score (nSPS) is 29.6. The first-order chi connectivity index (χ1) is 10.0. The first-order valence-corrected chi connectivity index (χ1v) is 9.84. The summed E-state index contributed by atoms with van der Waals surface area (Å²) in [7, 11) is -1.32. The molecular formula is C15H31N3O2S. The minimum absolute atomic E-state index is 0.526. The summed E-state index contributed by atoms with van der Waals surface area (Å²) in [4.78, 5) is 0. The number of nitrogens with one attached hydrogen (secondary N) is 2. The molecule has 2 aliphatic rings. The predicted octanol–water partition coefficient (Wildman–Crippen LogP) is 1.58. The average Bonchev–Trinajstić information content (AvgIpc) is 2.48. The second-order valence-electron chi connectivity index (χ2n) is 6.88. The molecule has 0 spiro atoms. The second kappa shape index (κ2) is 7.90. The lowest BCUT2D eigenvalue weighted by Gasteiger charge is -2.32. The molecule has 1 saturated carbocycles. The van der Waals surface area contributed by atoms with E-state index in [0.29, 0.717) is 31.5 Å². The van der Waals surface area contributed by atoms with Gasteiger partial charge in [-0.1, -0.05) is 19.8 Å². The molecule has 6 heteroatoms. The van der Waals surface area contributed by atoms with Crippen molar-refractivity contribution in [3.8, 4) is 0 Å². The van der Waals surface area contributed by atoms with E-state index < -0.39 is 10.2 Å². The van der Waals surface area contributed by atoms with Crippen molar-refractivity contribution in [3.63, 3.8) is 0 Å². The Morgan fingerprint density at radius 3 is 2.10 bits per heavy atom. The van der Waals surface area contributed by atoms with Gasteiger partial charge >= 0.3 is 0 Å². The minimum Gasteiger partial charge on any atom is -0.319 e. The molecule has 0 amide bonds. The van der Waals surface area contributed by atoms with Crippen LogP contribution in [0, 0.1) is 17.8 Å². The summed E-state index contributed by atoms with van der Waals surface area (Å²) in [6.45, 7) is 5.20. The highest BCUT2D eigenvalue weighted by Crippen LogP contribution is 2.28. The molecular weight excluding hydrogens is 286 g/mol. The Morgan fingerprint density at radius 2 is 1.52 bits per heavy atom. The average molecular weight is 317 g/mol. The highest BCUT2D eigenvalue weighted by atomic mass is 32.2. The van der Waals surface area contributed by atoms with Crippen LogP contribution in [0.3, 0.4) is 0 Å². The Hall–Kier alpha value is -0.170. The third-order valence-electron chi connectivity index (χ3n) is 5.10. The van der Waals surface area contributed by atoms with Gasteiger partial charge in [0, 0.05) is 19.6 Å². The fourth-order valence-corrected chi connectivity index (χ4v) is 4.81. The monoisotopic (exact) mass is 317 g/mol. The van der Waals surface area contributed by atoms with Crippen LogP contribution in [-0.4, -0.2) is 45.9 Å². The van der Waals surface area contributed by atoms with Crippen LogP contribution in [0.4, 0.5) is 0 Å². The first-order valence-electron chi connectivity index (χ1n) is 8.40. The van der Waals surface area contributed by atoms with Gasteiger partial charge < -0.3 is 5.32 Å². The van der Waals surface area contributed by atoms with E-state index in [-0.39, 0.29) is 0 Å². The van der Waals surface area contributed by atoms with Crippen LogP contribution in [0.2, 0.25) is 0 Å². The molecule has 2 fully saturated rings. The lowest BCUT2D eigenvalue weighted by atomic mass is 9.83. The predicted molar refractivity (Wildman–Crippen MR) is 86.3 cm³/mol. The molecule has 0 atom stereocenters. The zero-order valence-corrected chi connectivity index (χ0v) is 14.3. The van der Waals surface area contributed by atoms with Crippen LogP contribution in [0.5, 0.6) is 0 Å². The maximum absolute atomic E-state index is 12.4. The molecule has 1 aliphatic carbocycles. The zero-order valence-electron chi connectivity index (χ0n) is 13.5. The number of hydrogen-bond donors (Lipinski definition) is 2. The van der Waals surface area contributed by atoms with E-state index in [1.165, 1.54) is 12.8 Å². The number of hydrogen-bond acceptors (Lipinski definition) is 3. The van der Waals surface area contributed by atoms with E-state index in [1.54, 1.807) is 4.31 Å². The molecule has 1 aliphatic heterocycles. The molecule has 1 heterocycles. The summed E-state index contributed by atoms with van der Waals surface area (Å²) < 4.78 is 29.2. The third kappa shape index (κ3) is 5.20. The van der Waals surface area contributed by atoms with Gasteiger partial charge in [0.25, 0.3) is 10.2 Å². The Labute approximate surface area is 130 Å². The van der Waals surface area contributed by atoms with Crippen molar-refractivity contribution in [3.05, 3.63) is 0 Å². The van der Waals surface area contributed by atoms with Crippen molar-refractivity contribution in [1.82, 2.24) is 14.3 Å². The number of nitrogens with zero attached hydrogens (tertiary/aromatic N) is 1. The van der Waals surface area contributed by atoms with Gasteiger partial charge in [0.1, 0.15) is 0 Å². The Morgan fingerprint density at radius 1 is 0.952 bits per heavy atom. The van der Waals surface area contributed by atoms with Gasteiger partial charge in [0.2, 0.25) is 0 Å². The molecule has 0 bridgehead atoms. The molecule has 0 aromatic carbocycles. The molecule has 0 unspecified atom stereocenters. The largest absolute Gasteiger partial charge is 0.319 e. The molecule has 2 rings (SSSR count). The van der Waals surface area contributed by atoms with Gasteiger partial charge in [-0.05, 0) is 57.0 Å². The lowest BCUT2D eigenvalue weighted by Crippen LogP contribution is -2.47. The van der Waals surface area contributed by atoms with Gasteiger partial charge in [0.05, 0.1) is 0 Å². The highest BCUT2D eigenvalue weighted by molar-refractivity contribution is 7.87. The Bertz CT molecular complexity index is 397. The number of rotatable bonds is 6. The van der Waals surface area contributed by atoms with Crippen molar-refractivity contribution >= 4 is 10.2 Å². The van der Waals surface area contributed by atoms with Crippen molar-refractivity contribution in [1.29, 1.82) is 0 Å². The Balaban J connectivity index is 1.74. The maximum atomic E-state index is 12.4. The van der Waals surface area contributed by atoms with E-state index in [1.807, 2.05) is 7.05 Å². The van der Waals surface area contributed by atoms with Crippen molar-refractivity contribution < 1.29 is 8.42 Å². The van der Waals surface area contributed by atoms with Crippen LogP contribution in [-0.2, 0) is 10.2 Å². The summed E-state index contributed by atoms with van der Waals surface area (Å²) in [6, 6.07) is 0. The third-order valence-corrected chi connectivity index (χ3v) is 6.67. The summed E-state index contributed by atoms with van der Waals surface area (Å²) in [5.74, 6) is 1.95. The summed E-state index contributed by atoms with van der Waals surface area (Å²) >= 11 is 0. The topological polar surface area (TPSA) is 61.4 Å². The molecule has 2 N–H and O–H groups in total. The summed E-state index contributed by atoms with van der Waals surface area (Å²) in [5.41, 5.74) is 0. The molecule has 0 radical (unpaired) electrons. The molecule has 0 aromatic heterocycles. The van der Waals surface area contributed by atoms with Crippen LogP contribution in [0.1, 0.15) is 45.4 Å². The second-order valence-corrected chi connectivity index (χ2v) is 8.63. The zero-order chi connectivity index (χ0) is 15.3. The van der Waals surface area contributed by atoms with E-state index in [9.17, 15) is 8.42 Å². The molecule has 124 valence electrons. The quantitative estimate of drug-likeness (QED) is 0.782. The molecule has 0 aromatic rings. The van der Waals surface area contributed by atoms with E-state index in [4.69, 9.17) is 0 Å². The van der Waals surface area contributed by atoms with E-state index in [2.05, 4.69) is 17.0 Å². The van der Waals surface area contributed by atoms with Gasteiger partial charge in [-0.15, -0.1) is 0 Å².